The Balaban J connectivity index is 1.42. The lowest BCUT2D eigenvalue weighted by Crippen LogP contribution is -2.02. The largest absolute Gasteiger partial charge is 0.321 e. The van der Waals surface area contributed by atoms with E-state index in [2.05, 4.69) is 30.7 Å². The summed E-state index contributed by atoms with van der Waals surface area (Å²) in [5.74, 6) is 0.271. The SMILES string of the molecule is Cc1ccc(Cn2nnc3cc(-c4ccnc(Nc5cn(C)nc5C)n4)ccc32)cc1F. The molecule has 0 saturated heterocycles. The first kappa shape index (κ1) is 19.8. The van der Waals surface area contributed by atoms with Gasteiger partial charge in [-0.2, -0.15) is 5.10 Å². The number of nitrogens with zero attached hydrogens (tertiary/aromatic N) is 7. The van der Waals surface area contributed by atoms with Crippen molar-refractivity contribution in [1.82, 2.24) is 34.7 Å². The Kier molecular flexibility index (Phi) is 4.85. The minimum Gasteiger partial charge on any atom is -0.321 e. The fourth-order valence-electron chi connectivity index (χ4n) is 3.58. The molecule has 0 bridgehead atoms. The minimum absolute atomic E-state index is 0.219. The first-order valence-electron chi connectivity index (χ1n) is 10.2. The second-order valence-electron chi connectivity index (χ2n) is 7.73. The second-order valence-corrected chi connectivity index (χ2v) is 7.73. The van der Waals surface area contributed by atoms with Gasteiger partial charge in [-0.25, -0.2) is 19.0 Å². The molecular formula is C23H21FN8. The van der Waals surface area contributed by atoms with E-state index in [4.69, 9.17) is 0 Å². The van der Waals surface area contributed by atoms with Gasteiger partial charge < -0.3 is 5.32 Å². The lowest BCUT2D eigenvalue weighted by Gasteiger charge is -2.07. The molecule has 9 heteroatoms. The quantitative estimate of drug-likeness (QED) is 0.452. The van der Waals surface area contributed by atoms with E-state index in [1.807, 2.05) is 50.5 Å². The van der Waals surface area contributed by atoms with Gasteiger partial charge in [0.15, 0.2) is 0 Å². The molecule has 3 aromatic heterocycles. The minimum atomic E-state index is -0.219. The molecule has 8 nitrogen and oxygen atoms in total. The van der Waals surface area contributed by atoms with Gasteiger partial charge in [-0.15, -0.1) is 5.10 Å². The van der Waals surface area contributed by atoms with Gasteiger partial charge in [0, 0.05) is 25.0 Å². The number of halogens is 1. The van der Waals surface area contributed by atoms with Crippen LogP contribution >= 0.6 is 0 Å². The Bertz CT molecular complexity index is 1440. The Morgan fingerprint density at radius 3 is 2.72 bits per heavy atom. The number of aromatic nitrogens is 7. The molecule has 0 aliphatic rings. The average Bonchev–Trinajstić information content (AvgIpc) is 3.32. The molecule has 32 heavy (non-hydrogen) atoms. The van der Waals surface area contributed by atoms with Crippen LogP contribution in [0.5, 0.6) is 0 Å². The van der Waals surface area contributed by atoms with E-state index in [0.717, 1.165) is 39.2 Å². The number of hydrogen-bond donors (Lipinski definition) is 1. The maximum absolute atomic E-state index is 13.9. The van der Waals surface area contributed by atoms with Crippen LogP contribution in [-0.2, 0) is 13.6 Å². The van der Waals surface area contributed by atoms with Crippen molar-refractivity contribution >= 4 is 22.7 Å². The third-order valence-electron chi connectivity index (χ3n) is 5.29. The zero-order chi connectivity index (χ0) is 22.2. The van der Waals surface area contributed by atoms with E-state index >= 15 is 0 Å². The summed E-state index contributed by atoms with van der Waals surface area (Å²) in [6, 6.07) is 12.9. The Morgan fingerprint density at radius 1 is 1.06 bits per heavy atom. The van der Waals surface area contributed by atoms with Gasteiger partial charge in [0.2, 0.25) is 5.95 Å². The first-order chi connectivity index (χ1) is 15.5. The molecular weight excluding hydrogens is 407 g/mol. The summed E-state index contributed by atoms with van der Waals surface area (Å²) in [5, 5.41) is 16.1. The summed E-state index contributed by atoms with van der Waals surface area (Å²) in [4.78, 5) is 8.95. The van der Waals surface area contributed by atoms with Gasteiger partial charge in [-0.3, -0.25) is 4.68 Å². The zero-order valence-corrected chi connectivity index (χ0v) is 17.9. The Labute approximate surface area is 183 Å². The molecule has 0 amide bonds. The predicted molar refractivity (Wildman–Crippen MR) is 120 cm³/mol. The second kappa shape index (κ2) is 7.84. The number of anilines is 2. The van der Waals surface area contributed by atoms with E-state index < -0.39 is 0 Å². The van der Waals surface area contributed by atoms with Crippen LogP contribution in [0.4, 0.5) is 16.0 Å². The summed E-state index contributed by atoms with van der Waals surface area (Å²) in [5.41, 5.74) is 6.46. The zero-order valence-electron chi connectivity index (χ0n) is 17.9. The van der Waals surface area contributed by atoms with Crippen molar-refractivity contribution in [1.29, 1.82) is 0 Å². The normalized spacial score (nSPS) is 11.2. The molecule has 5 aromatic rings. The number of rotatable bonds is 5. The summed E-state index contributed by atoms with van der Waals surface area (Å²) >= 11 is 0. The van der Waals surface area contributed by atoms with Crippen LogP contribution in [0, 0.1) is 19.7 Å². The molecule has 160 valence electrons. The van der Waals surface area contributed by atoms with Gasteiger partial charge in [-0.05, 0) is 49.2 Å². The molecule has 0 aliphatic carbocycles. The van der Waals surface area contributed by atoms with Crippen LogP contribution in [-0.4, -0.2) is 34.7 Å². The highest BCUT2D eigenvalue weighted by Crippen LogP contribution is 2.24. The monoisotopic (exact) mass is 428 g/mol. The van der Waals surface area contributed by atoms with Gasteiger partial charge in [-0.1, -0.05) is 23.4 Å². The van der Waals surface area contributed by atoms with Crippen LogP contribution in [0.1, 0.15) is 16.8 Å². The fourth-order valence-corrected chi connectivity index (χ4v) is 3.58. The van der Waals surface area contributed by atoms with Gasteiger partial charge >= 0.3 is 0 Å². The van der Waals surface area contributed by atoms with Gasteiger partial charge in [0.1, 0.15) is 11.3 Å². The molecule has 1 N–H and O–H groups in total. The maximum Gasteiger partial charge on any atom is 0.227 e. The van der Waals surface area contributed by atoms with Gasteiger partial charge in [0.25, 0.3) is 0 Å². The molecule has 3 heterocycles. The van der Waals surface area contributed by atoms with Crippen molar-refractivity contribution in [3.63, 3.8) is 0 Å². The van der Waals surface area contributed by atoms with E-state index in [0.29, 0.717) is 18.1 Å². The van der Waals surface area contributed by atoms with Gasteiger partial charge in [0.05, 0.1) is 29.1 Å². The van der Waals surface area contributed by atoms with E-state index in [1.165, 1.54) is 6.07 Å². The summed E-state index contributed by atoms with van der Waals surface area (Å²) in [6.07, 6.45) is 3.60. The molecule has 0 atom stereocenters. The van der Waals surface area contributed by atoms with Crippen LogP contribution in [0.15, 0.2) is 54.9 Å². The standard InChI is InChI=1S/C23H21FN8/c1-14-4-5-16(10-18(14)24)12-32-22-7-6-17(11-20(22)28-30-32)19-8-9-25-23(26-19)27-21-13-31(3)29-15(21)2/h4-11,13H,12H2,1-3H3,(H,25,26,27). The van der Waals surface area contributed by atoms with Crippen molar-refractivity contribution < 1.29 is 4.39 Å². The van der Waals surface area contributed by atoms with E-state index in [-0.39, 0.29) is 5.82 Å². The Morgan fingerprint density at radius 2 is 1.94 bits per heavy atom. The first-order valence-corrected chi connectivity index (χ1v) is 10.2. The number of aryl methyl sites for hydroxylation is 3. The third kappa shape index (κ3) is 3.80. The molecule has 0 fully saturated rings. The molecule has 0 saturated carbocycles. The fraction of sp³-hybridized carbons (Fsp3) is 0.174. The lowest BCUT2D eigenvalue weighted by atomic mass is 10.1. The average molecular weight is 428 g/mol. The maximum atomic E-state index is 13.9. The van der Waals surface area contributed by atoms with Crippen LogP contribution < -0.4 is 5.32 Å². The lowest BCUT2D eigenvalue weighted by molar-refractivity contribution is 0.609. The van der Waals surface area contributed by atoms with Crippen molar-refractivity contribution in [3.8, 4) is 11.3 Å². The highest BCUT2D eigenvalue weighted by molar-refractivity contribution is 5.80. The summed E-state index contributed by atoms with van der Waals surface area (Å²) in [6.45, 7) is 4.12. The van der Waals surface area contributed by atoms with Crippen molar-refractivity contribution in [2.45, 2.75) is 20.4 Å². The van der Waals surface area contributed by atoms with E-state index in [1.54, 1.807) is 28.6 Å². The smallest absolute Gasteiger partial charge is 0.227 e. The van der Waals surface area contributed by atoms with Crippen molar-refractivity contribution in [3.05, 3.63) is 77.5 Å². The number of benzene rings is 2. The molecule has 2 aromatic carbocycles. The van der Waals surface area contributed by atoms with Crippen LogP contribution in [0.3, 0.4) is 0 Å². The topological polar surface area (TPSA) is 86.3 Å². The molecule has 0 radical (unpaired) electrons. The molecule has 0 spiro atoms. The summed E-state index contributed by atoms with van der Waals surface area (Å²) < 4.78 is 17.4. The Hall–Kier alpha value is -4.14. The van der Waals surface area contributed by atoms with E-state index in [9.17, 15) is 4.39 Å². The van der Waals surface area contributed by atoms with Crippen LogP contribution in [0.25, 0.3) is 22.3 Å². The molecule has 5 rings (SSSR count). The summed E-state index contributed by atoms with van der Waals surface area (Å²) in [7, 11) is 1.87. The number of hydrogen-bond acceptors (Lipinski definition) is 6. The van der Waals surface area contributed by atoms with Crippen molar-refractivity contribution in [2.24, 2.45) is 7.05 Å². The highest BCUT2D eigenvalue weighted by atomic mass is 19.1. The highest BCUT2D eigenvalue weighted by Gasteiger charge is 2.11. The number of nitrogens with one attached hydrogen (secondary N) is 1. The predicted octanol–water partition coefficient (Wildman–Crippen LogP) is 4.17. The van der Waals surface area contributed by atoms with Crippen LogP contribution in [0.2, 0.25) is 0 Å². The molecule has 0 unspecified atom stereocenters. The third-order valence-corrected chi connectivity index (χ3v) is 5.29. The number of fused-ring (bicyclic) bond motifs is 1. The molecule has 0 aliphatic heterocycles. The van der Waals surface area contributed by atoms with Crippen molar-refractivity contribution in [2.75, 3.05) is 5.32 Å².